The van der Waals surface area contributed by atoms with Crippen molar-refractivity contribution in [3.05, 3.63) is 22.8 Å². The van der Waals surface area contributed by atoms with Crippen molar-refractivity contribution in [2.24, 2.45) is 5.73 Å². The number of anilines is 1. The molecule has 0 fully saturated rings. The Balaban J connectivity index is 2.95. The third-order valence-corrected chi connectivity index (χ3v) is 2.14. The summed E-state index contributed by atoms with van der Waals surface area (Å²) in [7, 11) is 0. The van der Waals surface area contributed by atoms with Gasteiger partial charge >= 0.3 is 5.97 Å². The van der Waals surface area contributed by atoms with Gasteiger partial charge in [-0.1, -0.05) is 11.6 Å². The lowest BCUT2D eigenvalue weighted by Crippen LogP contribution is -2.32. The van der Waals surface area contributed by atoms with Gasteiger partial charge < -0.3 is 16.2 Å². The topological polar surface area (TPSA) is 105 Å². The zero-order valence-electron chi connectivity index (χ0n) is 8.40. The molecule has 0 aliphatic rings. The van der Waals surface area contributed by atoms with Crippen LogP contribution in [-0.4, -0.2) is 28.0 Å². The van der Waals surface area contributed by atoms with Crippen molar-refractivity contribution < 1.29 is 14.7 Å². The Labute approximate surface area is 96.4 Å². The highest BCUT2D eigenvalue weighted by Crippen LogP contribution is 2.16. The number of aromatic carboxylic acids is 1. The Morgan fingerprint density at radius 2 is 2.19 bits per heavy atom. The number of carbonyl (C=O) groups is 2. The second kappa shape index (κ2) is 4.80. The molecule has 1 aromatic heterocycles. The molecule has 4 N–H and O–H groups in total. The molecule has 6 nitrogen and oxygen atoms in total. The second-order valence-electron chi connectivity index (χ2n) is 3.10. The summed E-state index contributed by atoms with van der Waals surface area (Å²) in [5.41, 5.74) is 4.77. The van der Waals surface area contributed by atoms with Gasteiger partial charge in [0.2, 0.25) is 5.91 Å². The molecule has 0 saturated carbocycles. The highest BCUT2D eigenvalue weighted by Gasteiger charge is 2.14. The number of pyridine rings is 1. The van der Waals surface area contributed by atoms with Crippen LogP contribution >= 0.6 is 11.6 Å². The summed E-state index contributed by atoms with van der Waals surface area (Å²) in [5, 5.41) is 11.5. The summed E-state index contributed by atoms with van der Waals surface area (Å²) < 4.78 is 0. The molecule has 0 aliphatic carbocycles. The predicted octanol–water partition coefficient (Wildman–Crippen LogP) is 0.719. The van der Waals surface area contributed by atoms with Gasteiger partial charge in [0.1, 0.15) is 11.9 Å². The zero-order valence-corrected chi connectivity index (χ0v) is 9.15. The molecule has 1 atom stereocenters. The van der Waals surface area contributed by atoms with Crippen LogP contribution in [0.2, 0.25) is 5.02 Å². The highest BCUT2D eigenvalue weighted by atomic mass is 35.5. The van der Waals surface area contributed by atoms with Crippen molar-refractivity contribution in [2.75, 3.05) is 5.32 Å². The molecule has 0 spiro atoms. The van der Waals surface area contributed by atoms with Crippen molar-refractivity contribution in [2.45, 2.75) is 13.0 Å². The van der Waals surface area contributed by atoms with E-state index in [0.29, 0.717) is 0 Å². The summed E-state index contributed by atoms with van der Waals surface area (Å²) in [4.78, 5) is 25.3. The van der Waals surface area contributed by atoms with E-state index in [1.807, 2.05) is 0 Å². The number of nitrogens with one attached hydrogen (secondary N) is 1. The average molecular weight is 244 g/mol. The minimum atomic E-state index is -1.24. The van der Waals surface area contributed by atoms with Crippen molar-refractivity contribution in [3.63, 3.8) is 0 Å². The number of hydrogen-bond donors (Lipinski definition) is 3. The van der Waals surface area contributed by atoms with Crippen LogP contribution in [0.1, 0.15) is 17.4 Å². The van der Waals surface area contributed by atoms with Gasteiger partial charge in [-0.05, 0) is 19.1 Å². The molecule has 1 heterocycles. The zero-order chi connectivity index (χ0) is 12.3. The summed E-state index contributed by atoms with van der Waals surface area (Å²) in [5.74, 6) is -1.57. The molecule has 0 aliphatic heterocycles. The van der Waals surface area contributed by atoms with Crippen molar-refractivity contribution in [1.29, 1.82) is 0 Å². The molecule has 0 bridgehead atoms. The first-order chi connectivity index (χ1) is 7.41. The Morgan fingerprint density at radius 1 is 1.56 bits per heavy atom. The van der Waals surface area contributed by atoms with Crippen LogP contribution < -0.4 is 11.1 Å². The highest BCUT2D eigenvalue weighted by molar-refractivity contribution is 6.33. The number of nitrogens with zero attached hydrogens (tertiary/aromatic N) is 1. The number of carboxylic acid groups (broad SMARTS) is 1. The molecular formula is C9H10ClN3O3. The molecule has 0 radical (unpaired) electrons. The number of carboxylic acids is 1. The fourth-order valence-electron chi connectivity index (χ4n) is 0.965. The molecule has 0 saturated heterocycles. The molecule has 0 aromatic carbocycles. The third-order valence-electron chi connectivity index (χ3n) is 1.84. The first kappa shape index (κ1) is 12.3. The summed E-state index contributed by atoms with van der Waals surface area (Å²) in [6.07, 6.45) is 0. The molecule has 1 unspecified atom stereocenters. The van der Waals surface area contributed by atoms with E-state index in [9.17, 15) is 9.59 Å². The Hall–Kier alpha value is -1.82. The van der Waals surface area contributed by atoms with E-state index in [1.165, 1.54) is 12.1 Å². The summed E-state index contributed by atoms with van der Waals surface area (Å²) in [6, 6.07) is 2.21. The van der Waals surface area contributed by atoms with Crippen LogP contribution in [0, 0.1) is 0 Å². The fourth-order valence-corrected chi connectivity index (χ4v) is 1.15. The van der Waals surface area contributed by atoms with Gasteiger partial charge in [0.05, 0.1) is 5.02 Å². The standard InChI is InChI=1S/C9H10ClN3O3/c1-4(8(11)14)12-6-3-2-5(10)7(13-6)9(15)16/h2-4H,1H3,(H2,11,14)(H,12,13)(H,15,16). The molecule has 16 heavy (non-hydrogen) atoms. The number of amides is 1. The smallest absolute Gasteiger partial charge is 0.356 e. The lowest BCUT2D eigenvalue weighted by atomic mass is 10.3. The van der Waals surface area contributed by atoms with Gasteiger partial charge in [-0.2, -0.15) is 0 Å². The minimum absolute atomic E-state index is 0.0322. The number of rotatable bonds is 4. The average Bonchev–Trinajstić information content (AvgIpc) is 2.20. The van der Waals surface area contributed by atoms with Crippen LogP contribution in [0.4, 0.5) is 5.82 Å². The number of primary amides is 1. The third kappa shape index (κ3) is 2.83. The van der Waals surface area contributed by atoms with Gasteiger partial charge in [0.25, 0.3) is 0 Å². The van der Waals surface area contributed by atoms with Gasteiger partial charge in [0.15, 0.2) is 5.69 Å². The lowest BCUT2D eigenvalue weighted by molar-refractivity contribution is -0.118. The second-order valence-corrected chi connectivity index (χ2v) is 3.51. The molecule has 7 heteroatoms. The van der Waals surface area contributed by atoms with Crippen LogP contribution in [0.5, 0.6) is 0 Å². The van der Waals surface area contributed by atoms with Gasteiger partial charge in [-0.25, -0.2) is 9.78 Å². The Bertz CT molecular complexity index is 436. The number of nitrogens with two attached hydrogens (primary N) is 1. The quantitative estimate of drug-likeness (QED) is 0.723. The first-order valence-electron chi connectivity index (χ1n) is 4.37. The van der Waals surface area contributed by atoms with Crippen LogP contribution in [0.25, 0.3) is 0 Å². The van der Waals surface area contributed by atoms with E-state index in [4.69, 9.17) is 22.4 Å². The van der Waals surface area contributed by atoms with Crippen molar-refractivity contribution >= 4 is 29.3 Å². The van der Waals surface area contributed by atoms with E-state index in [1.54, 1.807) is 6.92 Å². The minimum Gasteiger partial charge on any atom is -0.476 e. The molecule has 1 aromatic rings. The van der Waals surface area contributed by atoms with Gasteiger partial charge in [-0.15, -0.1) is 0 Å². The van der Waals surface area contributed by atoms with E-state index in [0.717, 1.165) is 0 Å². The van der Waals surface area contributed by atoms with Crippen molar-refractivity contribution in [3.8, 4) is 0 Å². The number of carbonyl (C=O) groups excluding carboxylic acids is 1. The van der Waals surface area contributed by atoms with E-state index in [-0.39, 0.29) is 16.5 Å². The van der Waals surface area contributed by atoms with Crippen LogP contribution in [0.3, 0.4) is 0 Å². The number of halogens is 1. The Morgan fingerprint density at radius 3 is 2.69 bits per heavy atom. The SMILES string of the molecule is CC(Nc1ccc(Cl)c(C(=O)O)n1)C(N)=O. The fraction of sp³-hybridized carbons (Fsp3) is 0.222. The number of aromatic nitrogens is 1. The van der Waals surface area contributed by atoms with Gasteiger partial charge in [-0.3, -0.25) is 4.79 Å². The summed E-state index contributed by atoms with van der Waals surface area (Å²) in [6.45, 7) is 1.54. The predicted molar refractivity (Wildman–Crippen MR) is 58.5 cm³/mol. The maximum absolute atomic E-state index is 10.8. The van der Waals surface area contributed by atoms with Crippen LogP contribution in [-0.2, 0) is 4.79 Å². The molecule has 86 valence electrons. The normalized spacial score (nSPS) is 11.9. The molecular weight excluding hydrogens is 234 g/mol. The first-order valence-corrected chi connectivity index (χ1v) is 4.75. The molecule has 1 rings (SSSR count). The lowest BCUT2D eigenvalue weighted by Gasteiger charge is -2.11. The van der Waals surface area contributed by atoms with Crippen molar-refractivity contribution in [1.82, 2.24) is 4.98 Å². The van der Waals surface area contributed by atoms with Crippen LogP contribution in [0.15, 0.2) is 12.1 Å². The maximum atomic E-state index is 10.8. The van der Waals surface area contributed by atoms with E-state index >= 15 is 0 Å². The molecule has 1 amide bonds. The largest absolute Gasteiger partial charge is 0.476 e. The summed E-state index contributed by atoms with van der Waals surface area (Å²) >= 11 is 5.63. The number of hydrogen-bond acceptors (Lipinski definition) is 4. The van der Waals surface area contributed by atoms with E-state index < -0.39 is 17.9 Å². The van der Waals surface area contributed by atoms with E-state index in [2.05, 4.69) is 10.3 Å². The monoisotopic (exact) mass is 243 g/mol. The Kier molecular flexibility index (Phi) is 3.68. The van der Waals surface area contributed by atoms with Gasteiger partial charge in [0, 0.05) is 0 Å². The maximum Gasteiger partial charge on any atom is 0.356 e.